The number of anilines is 1. The molecule has 2 atom stereocenters. The van der Waals surface area contributed by atoms with Crippen molar-refractivity contribution in [3.63, 3.8) is 0 Å². The second-order valence-electron chi connectivity index (χ2n) is 6.12. The number of rotatable bonds is 4. The van der Waals surface area contributed by atoms with Crippen LogP contribution in [0.1, 0.15) is 30.6 Å². The van der Waals surface area contributed by atoms with Gasteiger partial charge in [0, 0.05) is 44.5 Å². The highest BCUT2D eigenvalue weighted by Crippen LogP contribution is 2.20. The monoisotopic (exact) mass is 289 g/mol. The van der Waals surface area contributed by atoms with Crippen molar-refractivity contribution in [2.75, 3.05) is 38.6 Å². The molecular formula is C17H27N3O. The highest BCUT2D eigenvalue weighted by atomic mass is 16.2. The standard InChI is InChI=1S/C17H27N3O/c1-5-18-16-10-11-20(12-13(16)2)17(21)14-6-8-15(9-7-14)19(3)4/h6-9,13,16,18H,5,10-12H2,1-4H3. The summed E-state index contributed by atoms with van der Waals surface area (Å²) in [4.78, 5) is 16.6. The molecule has 0 spiro atoms. The van der Waals surface area contributed by atoms with E-state index in [0.717, 1.165) is 37.3 Å². The van der Waals surface area contributed by atoms with E-state index in [1.165, 1.54) is 0 Å². The molecule has 0 aromatic heterocycles. The van der Waals surface area contributed by atoms with Crippen molar-refractivity contribution in [1.82, 2.24) is 10.2 Å². The first kappa shape index (κ1) is 15.8. The van der Waals surface area contributed by atoms with E-state index in [-0.39, 0.29) is 5.91 Å². The number of nitrogens with one attached hydrogen (secondary N) is 1. The molecule has 1 aliphatic heterocycles. The second-order valence-corrected chi connectivity index (χ2v) is 6.12. The van der Waals surface area contributed by atoms with Crippen LogP contribution < -0.4 is 10.2 Å². The van der Waals surface area contributed by atoms with Gasteiger partial charge in [-0.05, 0) is 43.1 Å². The summed E-state index contributed by atoms with van der Waals surface area (Å²) in [7, 11) is 4.01. The second kappa shape index (κ2) is 6.94. The predicted molar refractivity (Wildman–Crippen MR) is 87.9 cm³/mol. The number of likely N-dealkylation sites (tertiary alicyclic amines) is 1. The summed E-state index contributed by atoms with van der Waals surface area (Å²) in [5, 5.41) is 3.51. The molecule has 0 bridgehead atoms. The van der Waals surface area contributed by atoms with Crippen molar-refractivity contribution in [3.05, 3.63) is 29.8 Å². The Hall–Kier alpha value is -1.55. The highest BCUT2D eigenvalue weighted by Gasteiger charge is 2.28. The van der Waals surface area contributed by atoms with Gasteiger partial charge in [0.1, 0.15) is 0 Å². The van der Waals surface area contributed by atoms with Crippen molar-refractivity contribution < 1.29 is 4.79 Å². The molecule has 0 saturated carbocycles. The molecule has 1 aromatic rings. The fourth-order valence-electron chi connectivity index (χ4n) is 2.98. The van der Waals surface area contributed by atoms with E-state index in [4.69, 9.17) is 0 Å². The Morgan fingerprint density at radius 2 is 2.00 bits per heavy atom. The van der Waals surface area contributed by atoms with Crippen molar-refractivity contribution >= 4 is 11.6 Å². The number of piperidine rings is 1. The predicted octanol–water partition coefficient (Wildman–Crippen LogP) is 2.21. The first-order valence-electron chi connectivity index (χ1n) is 7.83. The summed E-state index contributed by atoms with van der Waals surface area (Å²) in [6.45, 7) is 7.04. The number of carbonyl (C=O) groups is 1. The Morgan fingerprint density at radius 1 is 1.33 bits per heavy atom. The lowest BCUT2D eigenvalue weighted by Gasteiger charge is -2.37. The van der Waals surface area contributed by atoms with Gasteiger partial charge < -0.3 is 15.1 Å². The first-order valence-corrected chi connectivity index (χ1v) is 7.83. The normalized spacial score (nSPS) is 22.2. The van der Waals surface area contributed by atoms with Crippen LogP contribution in [0.2, 0.25) is 0 Å². The van der Waals surface area contributed by atoms with Gasteiger partial charge in [0.2, 0.25) is 0 Å². The summed E-state index contributed by atoms with van der Waals surface area (Å²) in [5.74, 6) is 0.658. The van der Waals surface area contributed by atoms with Crippen molar-refractivity contribution in [2.24, 2.45) is 5.92 Å². The maximum Gasteiger partial charge on any atom is 0.253 e. The van der Waals surface area contributed by atoms with E-state index in [9.17, 15) is 4.79 Å². The molecule has 1 aliphatic rings. The smallest absolute Gasteiger partial charge is 0.253 e. The number of hydrogen-bond acceptors (Lipinski definition) is 3. The molecule has 0 aliphatic carbocycles. The van der Waals surface area contributed by atoms with Gasteiger partial charge in [-0.1, -0.05) is 13.8 Å². The van der Waals surface area contributed by atoms with Gasteiger partial charge in [-0.25, -0.2) is 0 Å². The van der Waals surface area contributed by atoms with Crippen LogP contribution in [0.3, 0.4) is 0 Å². The lowest BCUT2D eigenvalue weighted by molar-refractivity contribution is 0.0646. The van der Waals surface area contributed by atoms with Gasteiger partial charge in [0.05, 0.1) is 0 Å². The third-order valence-electron chi connectivity index (χ3n) is 4.29. The fourth-order valence-corrected chi connectivity index (χ4v) is 2.98. The Labute approximate surface area is 128 Å². The highest BCUT2D eigenvalue weighted by molar-refractivity contribution is 5.94. The molecule has 4 heteroatoms. The van der Waals surface area contributed by atoms with Crippen LogP contribution in [-0.4, -0.2) is 50.6 Å². The van der Waals surface area contributed by atoms with Crippen LogP contribution in [0.15, 0.2) is 24.3 Å². The summed E-state index contributed by atoms with van der Waals surface area (Å²) in [5.41, 5.74) is 1.90. The average molecular weight is 289 g/mol. The largest absolute Gasteiger partial charge is 0.378 e. The topological polar surface area (TPSA) is 35.6 Å². The molecule has 1 saturated heterocycles. The molecule has 4 nitrogen and oxygen atoms in total. The molecule has 1 fully saturated rings. The molecular weight excluding hydrogens is 262 g/mol. The molecule has 116 valence electrons. The van der Waals surface area contributed by atoms with E-state index in [0.29, 0.717) is 12.0 Å². The van der Waals surface area contributed by atoms with Gasteiger partial charge >= 0.3 is 0 Å². The van der Waals surface area contributed by atoms with Gasteiger partial charge in [0.15, 0.2) is 0 Å². The van der Waals surface area contributed by atoms with E-state index in [2.05, 4.69) is 19.2 Å². The Morgan fingerprint density at radius 3 is 2.52 bits per heavy atom. The Kier molecular flexibility index (Phi) is 5.23. The maximum atomic E-state index is 12.6. The molecule has 21 heavy (non-hydrogen) atoms. The van der Waals surface area contributed by atoms with E-state index < -0.39 is 0 Å². The lowest BCUT2D eigenvalue weighted by Crippen LogP contribution is -2.50. The minimum absolute atomic E-state index is 0.155. The number of nitrogens with zero attached hydrogens (tertiary/aromatic N) is 2. The van der Waals surface area contributed by atoms with Crippen LogP contribution in [0.5, 0.6) is 0 Å². The van der Waals surface area contributed by atoms with Gasteiger partial charge in [-0.3, -0.25) is 4.79 Å². The summed E-state index contributed by atoms with van der Waals surface area (Å²) in [6, 6.07) is 8.40. The first-order chi connectivity index (χ1) is 10.0. The zero-order chi connectivity index (χ0) is 15.4. The minimum atomic E-state index is 0.155. The summed E-state index contributed by atoms with van der Waals surface area (Å²) >= 11 is 0. The molecule has 1 heterocycles. The summed E-state index contributed by atoms with van der Waals surface area (Å²) < 4.78 is 0. The number of benzene rings is 1. The molecule has 2 rings (SSSR count). The van der Waals surface area contributed by atoms with Crippen LogP contribution >= 0.6 is 0 Å². The van der Waals surface area contributed by atoms with Crippen molar-refractivity contribution in [3.8, 4) is 0 Å². The van der Waals surface area contributed by atoms with Crippen LogP contribution in [0.4, 0.5) is 5.69 Å². The van der Waals surface area contributed by atoms with Crippen LogP contribution in [0, 0.1) is 5.92 Å². The zero-order valence-corrected chi connectivity index (χ0v) is 13.6. The van der Waals surface area contributed by atoms with Gasteiger partial charge in [-0.2, -0.15) is 0 Å². The van der Waals surface area contributed by atoms with Gasteiger partial charge in [0.25, 0.3) is 5.91 Å². The zero-order valence-electron chi connectivity index (χ0n) is 13.6. The third kappa shape index (κ3) is 3.76. The number of carbonyl (C=O) groups excluding carboxylic acids is 1. The van der Waals surface area contributed by atoms with Crippen LogP contribution in [0.25, 0.3) is 0 Å². The average Bonchev–Trinajstić information content (AvgIpc) is 2.49. The molecule has 1 amide bonds. The number of amides is 1. The fraction of sp³-hybridized carbons (Fsp3) is 0.588. The van der Waals surface area contributed by atoms with Crippen molar-refractivity contribution in [2.45, 2.75) is 26.3 Å². The van der Waals surface area contributed by atoms with E-state index >= 15 is 0 Å². The van der Waals surface area contributed by atoms with E-state index in [1.54, 1.807) is 0 Å². The Bertz CT molecular complexity index is 469. The molecule has 0 radical (unpaired) electrons. The van der Waals surface area contributed by atoms with E-state index in [1.807, 2.05) is 48.2 Å². The minimum Gasteiger partial charge on any atom is -0.378 e. The quantitative estimate of drug-likeness (QED) is 0.923. The SMILES string of the molecule is CCNC1CCN(C(=O)c2ccc(N(C)C)cc2)CC1C. The molecule has 1 aromatic carbocycles. The maximum absolute atomic E-state index is 12.6. The molecule has 2 unspecified atom stereocenters. The van der Waals surface area contributed by atoms with Crippen LogP contribution in [-0.2, 0) is 0 Å². The number of hydrogen-bond donors (Lipinski definition) is 1. The third-order valence-corrected chi connectivity index (χ3v) is 4.29. The molecule has 1 N–H and O–H groups in total. The Balaban J connectivity index is 2.00. The lowest BCUT2D eigenvalue weighted by atomic mass is 9.93. The van der Waals surface area contributed by atoms with Gasteiger partial charge in [-0.15, -0.1) is 0 Å². The summed E-state index contributed by atoms with van der Waals surface area (Å²) in [6.07, 6.45) is 1.04. The van der Waals surface area contributed by atoms with Crippen molar-refractivity contribution in [1.29, 1.82) is 0 Å².